The summed E-state index contributed by atoms with van der Waals surface area (Å²) in [5, 5.41) is 5.82. The van der Waals surface area contributed by atoms with Gasteiger partial charge in [-0.3, -0.25) is 19.8 Å². The van der Waals surface area contributed by atoms with Gasteiger partial charge in [-0.05, 0) is 17.5 Å². The molecule has 0 bridgehead atoms. The lowest BCUT2D eigenvalue weighted by atomic mass is 9.87. The second-order valence-corrected chi connectivity index (χ2v) is 6.67. The van der Waals surface area contributed by atoms with Gasteiger partial charge in [-0.1, -0.05) is 67.6 Å². The van der Waals surface area contributed by atoms with Crippen LogP contribution in [0.2, 0.25) is 0 Å². The largest absolute Gasteiger partial charge is 0.347 e. The Morgan fingerprint density at radius 1 is 0.966 bits per heavy atom. The lowest BCUT2D eigenvalue weighted by Gasteiger charge is -2.25. The molecule has 2 aromatic carbocycles. The van der Waals surface area contributed by atoms with Crippen LogP contribution in [-0.2, 0) is 26.3 Å². The quantitative estimate of drug-likeness (QED) is 0.614. The van der Waals surface area contributed by atoms with Crippen LogP contribution in [0, 0.1) is 0 Å². The first-order valence-electron chi connectivity index (χ1n) is 9.28. The minimum Gasteiger partial charge on any atom is -0.347 e. The fraction of sp³-hybridized carbons (Fsp3) is 0.238. The van der Waals surface area contributed by atoms with Gasteiger partial charge in [-0.2, -0.15) is 5.01 Å². The predicted molar refractivity (Wildman–Crippen MR) is 105 cm³/mol. The highest BCUT2D eigenvalue weighted by atomic mass is 16.2. The van der Waals surface area contributed by atoms with E-state index in [-0.39, 0.29) is 18.9 Å². The summed E-state index contributed by atoms with van der Waals surface area (Å²) in [7, 11) is 0. The van der Waals surface area contributed by atoms with E-state index in [2.05, 4.69) is 16.1 Å². The molecule has 0 aromatic heterocycles. The third-order valence-corrected chi connectivity index (χ3v) is 4.78. The molecule has 2 aromatic rings. The van der Waals surface area contributed by atoms with Gasteiger partial charge in [0.25, 0.3) is 11.8 Å². The molecule has 0 spiro atoms. The molecule has 5 amide bonds. The molecular formula is C21H22N4O4. The molecule has 0 saturated carbocycles. The van der Waals surface area contributed by atoms with Crippen molar-refractivity contribution in [3.63, 3.8) is 0 Å². The molecule has 8 heteroatoms. The van der Waals surface area contributed by atoms with Crippen LogP contribution in [0.25, 0.3) is 0 Å². The number of hydrogen-bond acceptors (Lipinski definition) is 4. The van der Waals surface area contributed by atoms with Gasteiger partial charge in [-0.25, -0.2) is 4.79 Å². The summed E-state index contributed by atoms with van der Waals surface area (Å²) in [5.74, 6) is -1.58. The van der Waals surface area contributed by atoms with Crippen molar-refractivity contribution in [2.45, 2.75) is 25.3 Å². The van der Waals surface area contributed by atoms with Gasteiger partial charge in [0.05, 0.1) is 13.0 Å². The Hall–Kier alpha value is -3.68. The topological polar surface area (TPSA) is 108 Å². The second-order valence-electron chi connectivity index (χ2n) is 6.67. The van der Waals surface area contributed by atoms with Gasteiger partial charge in [0.1, 0.15) is 5.54 Å². The molecule has 1 fully saturated rings. The molecule has 1 aliphatic rings. The number of nitrogens with zero attached hydrogens (tertiary/aromatic N) is 1. The third kappa shape index (κ3) is 4.26. The minimum absolute atomic E-state index is 0.129. The number of carbonyl (C=O) groups excluding carboxylic acids is 4. The number of imide groups is 1. The van der Waals surface area contributed by atoms with Crippen molar-refractivity contribution in [2.24, 2.45) is 0 Å². The summed E-state index contributed by atoms with van der Waals surface area (Å²) in [6.07, 6.45) is 0.450. The van der Waals surface area contributed by atoms with Crippen molar-refractivity contribution in [2.75, 3.05) is 6.54 Å². The zero-order valence-corrected chi connectivity index (χ0v) is 16.0. The maximum Gasteiger partial charge on any atom is 0.344 e. The average Bonchev–Trinajstić information content (AvgIpc) is 2.99. The highest BCUT2D eigenvalue weighted by molar-refractivity contribution is 6.08. The molecule has 0 aliphatic carbocycles. The first-order valence-corrected chi connectivity index (χ1v) is 9.28. The Balaban J connectivity index is 1.59. The number of amides is 5. The van der Waals surface area contributed by atoms with Crippen LogP contribution in [0.1, 0.15) is 24.5 Å². The maximum atomic E-state index is 12.9. The van der Waals surface area contributed by atoms with Crippen LogP contribution >= 0.6 is 0 Å². The van der Waals surface area contributed by atoms with E-state index in [1.807, 2.05) is 24.3 Å². The minimum atomic E-state index is -1.23. The number of nitrogens with one attached hydrogen (secondary N) is 3. The Kier molecular flexibility index (Phi) is 5.92. The number of rotatable bonds is 7. The molecule has 1 aliphatic heterocycles. The molecule has 1 heterocycles. The normalized spacial score (nSPS) is 18.3. The predicted octanol–water partition coefficient (Wildman–Crippen LogP) is 1.23. The Bertz CT molecular complexity index is 917. The van der Waals surface area contributed by atoms with Gasteiger partial charge < -0.3 is 10.6 Å². The van der Waals surface area contributed by atoms with Crippen LogP contribution in [0.15, 0.2) is 60.7 Å². The van der Waals surface area contributed by atoms with E-state index < -0.39 is 23.4 Å². The molecule has 1 atom stereocenters. The Morgan fingerprint density at radius 2 is 1.59 bits per heavy atom. The van der Waals surface area contributed by atoms with E-state index >= 15 is 0 Å². The van der Waals surface area contributed by atoms with Crippen LogP contribution in [0.5, 0.6) is 0 Å². The summed E-state index contributed by atoms with van der Waals surface area (Å²) < 4.78 is 0. The molecule has 1 saturated heterocycles. The van der Waals surface area contributed by atoms with Crippen molar-refractivity contribution in [1.29, 1.82) is 0 Å². The van der Waals surface area contributed by atoms with Gasteiger partial charge in [-0.15, -0.1) is 0 Å². The Labute approximate surface area is 168 Å². The van der Waals surface area contributed by atoms with Crippen LogP contribution in [0.3, 0.4) is 0 Å². The van der Waals surface area contributed by atoms with Gasteiger partial charge in [0.2, 0.25) is 5.91 Å². The average molecular weight is 394 g/mol. The molecule has 8 nitrogen and oxygen atoms in total. The van der Waals surface area contributed by atoms with Crippen molar-refractivity contribution in [3.8, 4) is 0 Å². The zero-order chi connectivity index (χ0) is 20.9. The molecule has 0 unspecified atom stereocenters. The van der Waals surface area contributed by atoms with E-state index in [0.29, 0.717) is 17.0 Å². The number of hydrogen-bond donors (Lipinski definition) is 3. The van der Waals surface area contributed by atoms with Crippen molar-refractivity contribution in [3.05, 3.63) is 71.8 Å². The van der Waals surface area contributed by atoms with Gasteiger partial charge in [0, 0.05) is 0 Å². The molecule has 3 N–H and O–H groups in total. The number of urea groups is 1. The van der Waals surface area contributed by atoms with Crippen molar-refractivity contribution in [1.82, 2.24) is 21.1 Å². The van der Waals surface area contributed by atoms with Crippen molar-refractivity contribution < 1.29 is 19.2 Å². The third-order valence-electron chi connectivity index (χ3n) is 4.78. The number of carbonyl (C=O) groups is 4. The lowest BCUT2D eigenvalue weighted by Crippen LogP contribution is -2.51. The molecule has 150 valence electrons. The summed E-state index contributed by atoms with van der Waals surface area (Å²) in [5.41, 5.74) is 2.49. The smallest absolute Gasteiger partial charge is 0.344 e. The molecular weight excluding hydrogens is 372 g/mol. The van der Waals surface area contributed by atoms with Crippen LogP contribution in [-0.4, -0.2) is 35.3 Å². The summed E-state index contributed by atoms with van der Waals surface area (Å²) in [4.78, 5) is 49.4. The van der Waals surface area contributed by atoms with Gasteiger partial charge in [0.15, 0.2) is 0 Å². The molecule has 29 heavy (non-hydrogen) atoms. The highest BCUT2D eigenvalue weighted by Gasteiger charge is 2.52. The van der Waals surface area contributed by atoms with E-state index in [1.165, 1.54) is 0 Å². The zero-order valence-electron chi connectivity index (χ0n) is 16.0. The standard InChI is InChI=1S/C21H22N4O4/c1-2-21(16-11-7-4-8-12-16)19(28)25(20(29)23-21)24-18(27)14-22-17(26)13-15-9-5-3-6-10-15/h3-12H,2,13-14H2,1H3,(H,22,26)(H,23,29)(H,24,27)/t21-/m0/s1. The fourth-order valence-corrected chi connectivity index (χ4v) is 3.23. The van der Waals surface area contributed by atoms with Gasteiger partial charge >= 0.3 is 6.03 Å². The number of benzene rings is 2. The molecule has 0 radical (unpaired) electrons. The first-order chi connectivity index (χ1) is 14.0. The summed E-state index contributed by atoms with van der Waals surface area (Å²) in [6, 6.07) is 17.2. The van der Waals surface area contributed by atoms with Crippen molar-refractivity contribution >= 4 is 23.8 Å². The maximum absolute atomic E-state index is 12.9. The van der Waals surface area contributed by atoms with Crippen LogP contribution in [0.4, 0.5) is 4.79 Å². The van der Waals surface area contributed by atoms with E-state index in [0.717, 1.165) is 5.56 Å². The monoisotopic (exact) mass is 394 g/mol. The lowest BCUT2D eigenvalue weighted by molar-refractivity contribution is -0.139. The first kappa shape index (κ1) is 20.1. The summed E-state index contributed by atoms with van der Waals surface area (Å²) >= 11 is 0. The second kappa shape index (κ2) is 8.55. The fourth-order valence-electron chi connectivity index (χ4n) is 3.23. The Morgan fingerprint density at radius 3 is 2.21 bits per heavy atom. The van der Waals surface area contributed by atoms with Crippen LogP contribution < -0.4 is 16.1 Å². The van der Waals surface area contributed by atoms with E-state index in [9.17, 15) is 19.2 Å². The van der Waals surface area contributed by atoms with E-state index in [4.69, 9.17) is 0 Å². The SMILES string of the molecule is CC[C@@]1(c2ccccc2)NC(=O)N(NC(=O)CNC(=O)Cc2ccccc2)C1=O. The highest BCUT2D eigenvalue weighted by Crippen LogP contribution is 2.31. The molecule has 3 rings (SSSR count). The number of hydrazine groups is 1. The summed E-state index contributed by atoms with van der Waals surface area (Å²) in [6.45, 7) is 1.42. The van der Waals surface area contributed by atoms with E-state index in [1.54, 1.807) is 43.3 Å².